The van der Waals surface area contributed by atoms with Crippen LogP contribution >= 0.6 is 15.9 Å². The number of halogens is 1. The Morgan fingerprint density at radius 2 is 1.73 bits per heavy atom. The molecule has 3 N–H and O–H groups in total. The molecule has 0 aliphatic heterocycles. The van der Waals surface area contributed by atoms with Gasteiger partial charge in [0.2, 0.25) is 5.91 Å². The van der Waals surface area contributed by atoms with Crippen molar-refractivity contribution in [2.24, 2.45) is 5.92 Å². The molecule has 0 bridgehead atoms. The van der Waals surface area contributed by atoms with E-state index in [1.807, 2.05) is 69.3 Å². The fourth-order valence-corrected chi connectivity index (χ4v) is 2.70. The van der Waals surface area contributed by atoms with Crippen molar-refractivity contribution in [1.82, 2.24) is 10.6 Å². The second kappa shape index (κ2) is 9.38. The van der Waals surface area contributed by atoms with Crippen LogP contribution in [0.1, 0.15) is 37.9 Å². The molecule has 0 fully saturated rings. The largest absolute Gasteiger partial charge is 0.334 e. The molecule has 1 atom stereocenters. The summed E-state index contributed by atoms with van der Waals surface area (Å²) in [5.41, 5.74) is 2.73. The van der Waals surface area contributed by atoms with Crippen molar-refractivity contribution in [1.29, 1.82) is 0 Å². The minimum absolute atomic E-state index is 0.0169. The highest BCUT2D eigenvalue weighted by Gasteiger charge is 2.10. The Morgan fingerprint density at radius 3 is 2.35 bits per heavy atom. The molecule has 0 aliphatic carbocycles. The minimum Gasteiger partial charge on any atom is -0.334 e. The summed E-state index contributed by atoms with van der Waals surface area (Å²) in [6, 6.07) is 14.9. The number of anilines is 1. The van der Waals surface area contributed by atoms with Gasteiger partial charge in [-0.2, -0.15) is 0 Å². The van der Waals surface area contributed by atoms with Crippen molar-refractivity contribution in [3.05, 3.63) is 64.1 Å². The molecule has 26 heavy (non-hydrogen) atoms. The molecule has 0 heterocycles. The summed E-state index contributed by atoms with van der Waals surface area (Å²) in [4.78, 5) is 23.8. The van der Waals surface area contributed by atoms with Crippen LogP contribution < -0.4 is 16.0 Å². The van der Waals surface area contributed by atoms with Gasteiger partial charge in [-0.1, -0.05) is 54.0 Å². The molecule has 6 heteroatoms. The molecular weight excluding hydrogens is 394 g/mol. The van der Waals surface area contributed by atoms with E-state index < -0.39 is 0 Å². The number of hydrogen-bond donors (Lipinski definition) is 3. The van der Waals surface area contributed by atoms with Crippen LogP contribution in [0.4, 0.5) is 10.5 Å². The van der Waals surface area contributed by atoms with E-state index in [1.165, 1.54) is 0 Å². The maximum absolute atomic E-state index is 12.1. The molecule has 2 aromatic carbocycles. The van der Waals surface area contributed by atoms with Crippen molar-refractivity contribution in [3.63, 3.8) is 0 Å². The van der Waals surface area contributed by atoms with Crippen LogP contribution in [0.3, 0.4) is 0 Å². The number of carbonyl (C=O) groups excluding carboxylic acids is 2. The van der Waals surface area contributed by atoms with E-state index >= 15 is 0 Å². The molecule has 2 rings (SSSR count). The number of hydrogen-bond acceptors (Lipinski definition) is 2. The first kappa shape index (κ1) is 20.0. The number of urea groups is 1. The molecule has 0 unspecified atom stereocenters. The third-order valence-corrected chi connectivity index (χ3v) is 4.39. The molecule has 0 radical (unpaired) electrons. The highest BCUT2D eigenvalue weighted by molar-refractivity contribution is 9.10. The van der Waals surface area contributed by atoms with E-state index in [2.05, 4.69) is 31.9 Å². The second-order valence-corrected chi connectivity index (χ2v) is 7.36. The van der Waals surface area contributed by atoms with Gasteiger partial charge >= 0.3 is 6.03 Å². The van der Waals surface area contributed by atoms with E-state index in [4.69, 9.17) is 0 Å². The Morgan fingerprint density at radius 1 is 1.04 bits per heavy atom. The Balaban J connectivity index is 1.82. The Hall–Kier alpha value is -2.34. The molecular formula is C20H24BrN3O2. The second-order valence-electron chi connectivity index (χ2n) is 6.44. The van der Waals surface area contributed by atoms with Gasteiger partial charge in [0.05, 0.1) is 6.04 Å². The van der Waals surface area contributed by atoms with Crippen LogP contribution in [-0.2, 0) is 11.3 Å². The number of amides is 3. The summed E-state index contributed by atoms with van der Waals surface area (Å²) in [6.07, 6.45) is 0. The SMILES string of the molecule is CC(C)C(=O)Nc1ccc(CNC(=O)N[C@H](C)c2cccc(Br)c2)cc1. The average molecular weight is 418 g/mol. The molecule has 0 saturated heterocycles. The van der Waals surface area contributed by atoms with Crippen LogP contribution in [0.2, 0.25) is 0 Å². The lowest BCUT2D eigenvalue weighted by Crippen LogP contribution is -2.36. The zero-order chi connectivity index (χ0) is 19.1. The summed E-state index contributed by atoms with van der Waals surface area (Å²) in [5.74, 6) is -0.0796. The smallest absolute Gasteiger partial charge is 0.315 e. The van der Waals surface area contributed by atoms with E-state index in [-0.39, 0.29) is 23.9 Å². The Labute approximate surface area is 162 Å². The zero-order valence-electron chi connectivity index (χ0n) is 15.2. The van der Waals surface area contributed by atoms with Crippen molar-refractivity contribution < 1.29 is 9.59 Å². The first-order valence-electron chi connectivity index (χ1n) is 8.55. The first-order chi connectivity index (χ1) is 12.3. The van der Waals surface area contributed by atoms with Crippen molar-refractivity contribution in [2.45, 2.75) is 33.4 Å². The lowest BCUT2D eigenvalue weighted by molar-refractivity contribution is -0.118. The number of benzene rings is 2. The molecule has 3 amide bonds. The molecule has 0 spiro atoms. The third kappa shape index (κ3) is 6.19. The summed E-state index contributed by atoms with van der Waals surface area (Å²) in [6.45, 7) is 6.05. The topological polar surface area (TPSA) is 70.2 Å². The predicted molar refractivity (Wildman–Crippen MR) is 108 cm³/mol. The molecule has 0 saturated carbocycles. The van der Waals surface area contributed by atoms with Gasteiger partial charge in [-0.05, 0) is 42.3 Å². The van der Waals surface area contributed by atoms with Crippen LogP contribution in [-0.4, -0.2) is 11.9 Å². The van der Waals surface area contributed by atoms with E-state index in [9.17, 15) is 9.59 Å². The zero-order valence-corrected chi connectivity index (χ0v) is 16.8. The fourth-order valence-electron chi connectivity index (χ4n) is 2.28. The van der Waals surface area contributed by atoms with Gasteiger partial charge in [0.15, 0.2) is 0 Å². The summed E-state index contributed by atoms with van der Waals surface area (Å²) in [7, 11) is 0. The monoisotopic (exact) mass is 417 g/mol. The highest BCUT2D eigenvalue weighted by atomic mass is 79.9. The first-order valence-corrected chi connectivity index (χ1v) is 9.34. The quantitative estimate of drug-likeness (QED) is 0.642. The van der Waals surface area contributed by atoms with Crippen LogP contribution in [0, 0.1) is 5.92 Å². The minimum atomic E-state index is -0.227. The maximum Gasteiger partial charge on any atom is 0.315 e. The maximum atomic E-state index is 12.1. The third-order valence-electron chi connectivity index (χ3n) is 3.90. The molecule has 5 nitrogen and oxygen atoms in total. The average Bonchev–Trinajstić information content (AvgIpc) is 2.61. The van der Waals surface area contributed by atoms with Gasteiger partial charge in [0.25, 0.3) is 0 Å². The van der Waals surface area contributed by atoms with Gasteiger partial charge in [0.1, 0.15) is 0 Å². The number of carbonyl (C=O) groups is 2. The van der Waals surface area contributed by atoms with E-state index in [0.717, 1.165) is 21.3 Å². The Kier molecular flexibility index (Phi) is 7.21. The van der Waals surface area contributed by atoms with Gasteiger partial charge in [0, 0.05) is 22.6 Å². The molecule has 2 aromatic rings. The normalized spacial score (nSPS) is 11.7. The van der Waals surface area contributed by atoms with Gasteiger partial charge < -0.3 is 16.0 Å². The van der Waals surface area contributed by atoms with Crippen LogP contribution in [0.15, 0.2) is 53.0 Å². The van der Waals surface area contributed by atoms with E-state index in [1.54, 1.807) is 0 Å². The molecule has 0 aromatic heterocycles. The summed E-state index contributed by atoms with van der Waals surface area (Å²) >= 11 is 3.43. The molecule has 0 aliphatic rings. The number of rotatable bonds is 6. The van der Waals surface area contributed by atoms with Crippen molar-refractivity contribution in [3.8, 4) is 0 Å². The Bertz CT molecular complexity index is 760. The summed E-state index contributed by atoms with van der Waals surface area (Å²) < 4.78 is 0.980. The van der Waals surface area contributed by atoms with Crippen LogP contribution in [0.5, 0.6) is 0 Å². The lowest BCUT2D eigenvalue weighted by atomic mass is 10.1. The fraction of sp³-hybridized carbons (Fsp3) is 0.300. The van der Waals surface area contributed by atoms with Crippen LogP contribution in [0.25, 0.3) is 0 Å². The van der Waals surface area contributed by atoms with Crippen molar-refractivity contribution >= 4 is 33.6 Å². The van der Waals surface area contributed by atoms with Gasteiger partial charge in [-0.25, -0.2) is 4.79 Å². The highest BCUT2D eigenvalue weighted by Crippen LogP contribution is 2.17. The van der Waals surface area contributed by atoms with Crippen molar-refractivity contribution in [2.75, 3.05) is 5.32 Å². The summed E-state index contributed by atoms with van der Waals surface area (Å²) in [5, 5.41) is 8.60. The standard InChI is InChI=1S/C20H24BrN3O2/c1-13(2)19(25)24-18-9-7-15(8-10-18)12-22-20(26)23-14(3)16-5-4-6-17(21)11-16/h4-11,13-14H,12H2,1-3H3,(H,24,25)(H2,22,23,26)/t14-/m1/s1. The van der Waals surface area contributed by atoms with Gasteiger partial charge in [-0.3, -0.25) is 4.79 Å². The van der Waals surface area contributed by atoms with E-state index in [0.29, 0.717) is 6.54 Å². The lowest BCUT2D eigenvalue weighted by Gasteiger charge is -2.15. The predicted octanol–water partition coefficient (Wildman–Crippen LogP) is 4.60. The van der Waals surface area contributed by atoms with Gasteiger partial charge in [-0.15, -0.1) is 0 Å². The molecule has 138 valence electrons. The number of nitrogens with one attached hydrogen (secondary N) is 3.